The van der Waals surface area contributed by atoms with Gasteiger partial charge in [-0.2, -0.15) is 0 Å². The van der Waals surface area contributed by atoms with Crippen LogP contribution in [0.2, 0.25) is 0 Å². The van der Waals surface area contributed by atoms with Gasteiger partial charge < -0.3 is 56.2 Å². The predicted octanol–water partition coefficient (Wildman–Crippen LogP) is 23.4. The zero-order valence-corrected chi connectivity index (χ0v) is 76.1. The van der Waals surface area contributed by atoms with Crippen molar-refractivity contribution in [3.63, 3.8) is 0 Å². The number of nitrogens with zero attached hydrogens (tertiary/aromatic N) is 6. The molecule has 0 saturated heterocycles. The third kappa shape index (κ3) is 16.0. The third-order valence-corrected chi connectivity index (χ3v) is 25.0. The van der Waals surface area contributed by atoms with Gasteiger partial charge in [0, 0.05) is 137 Å². The van der Waals surface area contributed by atoms with Gasteiger partial charge in [-0.25, -0.2) is 19.6 Å². The van der Waals surface area contributed by atoms with Crippen LogP contribution in [0.3, 0.4) is 0 Å². The van der Waals surface area contributed by atoms with E-state index in [1.54, 1.807) is 170 Å². The number of aromatic nitrogens is 2. The zero-order chi connectivity index (χ0) is 96.4. The molecule has 2 atom stereocenters. The second kappa shape index (κ2) is 36.4. The van der Waals surface area contributed by atoms with E-state index in [9.17, 15) is 9.59 Å². The highest BCUT2D eigenvalue weighted by Crippen LogP contribution is 2.59. The lowest BCUT2D eigenvalue weighted by Crippen LogP contribution is -2.55. The largest absolute Gasteiger partial charge is 0.497 e. The first-order valence-corrected chi connectivity index (χ1v) is 44.7. The van der Waals surface area contributed by atoms with Crippen LogP contribution in [-0.2, 0) is 45.1 Å². The maximum absolute atomic E-state index is 17.7. The fraction of sp³-hybridized carbons (Fsp3) is 0.105. The quantitative estimate of drug-likeness (QED) is 0.0133. The van der Waals surface area contributed by atoms with E-state index in [0.29, 0.717) is 78.4 Å². The lowest BCUT2D eigenvalue weighted by Gasteiger charge is -2.37. The minimum absolute atomic E-state index is 0.00471. The number of para-hydroxylation sites is 4. The molecule has 2 aliphatic rings. The maximum Gasteiger partial charge on any atom is 0.338 e. The molecule has 4 aromatic heterocycles. The molecule has 688 valence electrons. The first-order valence-electron chi connectivity index (χ1n) is 44.7. The number of rotatable bonds is 30. The zero-order valence-electron chi connectivity index (χ0n) is 76.1. The summed E-state index contributed by atoms with van der Waals surface area (Å²) in [6.07, 6.45) is 1.93. The number of methoxy groups -OCH3 is 4. The second-order valence-corrected chi connectivity index (χ2v) is 33.9. The maximum atomic E-state index is 17.7. The average molecular weight is 1860 g/mol. The van der Waals surface area contributed by atoms with Gasteiger partial charge in [0.1, 0.15) is 127 Å². The van der Waals surface area contributed by atoms with Crippen molar-refractivity contribution in [2.75, 3.05) is 38.2 Å². The van der Waals surface area contributed by atoms with E-state index in [4.69, 9.17) is 66.2 Å². The first kappa shape index (κ1) is 88.2. The van der Waals surface area contributed by atoms with Gasteiger partial charge in [-0.15, -0.1) is 0 Å². The number of carbonyl (C=O) groups excluding carboxylic acids is 8. The minimum Gasteiger partial charge on any atom is -0.497 e. The van der Waals surface area contributed by atoms with Crippen molar-refractivity contribution in [2.45, 2.75) is 51.9 Å². The predicted molar refractivity (Wildman–Crippen MR) is 528 cm³/mol. The van der Waals surface area contributed by atoms with Crippen molar-refractivity contribution in [3.8, 4) is 80.5 Å². The summed E-state index contributed by atoms with van der Waals surface area (Å²) < 4.78 is 78.6. The number of anilines is 2. The smallest absolute Gasteiger partial charge is 0.338 e. The third-order valence-electron chi connectivity index (χ3n) is 25.0. The lowest BCUT2D eigenvalue weighted by molar-refractivity contribution is -0.130. The number of ether oxygens (including phenoxy) is 10. The topological polar surface area (TPSA) is 294 Å². The van der Waals surface area contributed by atoms with Gasteiger partial charge in [0.05, 0.1) is 63.8 Å². The van der Waals surface area contributed by atoms with Crippen LogP contribution >= 0.6 is 0 Å². The number of hydrogen-bond donors (Lipinski definition) is 0. The summed E-state index contributed by atoms with van der Waals surface area (Å²) in [4.78, 5) is 146. The Labute approximate surface area is 798 Å². The first-order chi connectivity index (χ1) is 68.2. The van der Waals surface area contributed by atoms with E-state index < -0.39 is 72.3 Å². The fourth-order valence-corrected chi connectivity index (χ4v) is 18.6. The lowest BCUT2D eigenvalue weighted by atomic mass is 9.80. The number of furan rings is 2. The van der Waals surface area contributed by atoms with Crippen LogP contribution in [0.1, 0.15) is 77.5 Å². The molecular formula is C114H82N6O20. The molecule has 26 heteroatoms. The van der Waals surface area contributed by atoms with Gasteiger partial charge in [0.25, 0.3) is 35.4 Å². The molecule has 0 bridgehead atoms. The highest BCUT2D eigenvalue weighted by molar-refractivity contribution is 6.45. The molecule has 26 nitrogen and oxygen atoms in total. The Hall–Kier alpha value is -18.5. The number of amides is 6. The molecule has 21 rings (SSSR count). The van der Waals surface area contributed by atoms with Crippen molar-refractivity contribution in [3.05, 3.63) is 372 Å². The molecule has 0 radical (unpaired) electrons. The minimum atomic E-state index is -1.85. The Balaban J connectivity index is 0.866. The SMILES string of the molecule is C=C(C)C(=O)Oc1ccnc(N(Cc2ccccc2)C(=O)C(Cc2cccc3c2oc2ccccc23)N2C(=O)c3cc(Oc4cccc(OC)c4)c4c5c(Oc6cccc(OC)c6)cc6c7c(cc(Oc8cccc(OC)c8)c(c8c(Oc9cccc(OC)c9)cc(c3c48)C2=O)c75)C(=O)N(C(Cc2cccc3c2oc2ccccc23)C(=O)N(Cc2ccccc2)c2cc(OC(=O)C(=C)C)ccn2)C6=O)c1. The molecular weight excluding hydrogens is 1770 g/mol. The highest BCUT2D eigenvalue weighted by atomic mass is 16.5. The number of carbonyl (C=O) groups is 8. The van der Waals surface area contributed by atoms with Crippen LogP contribution in [0.25, 0.3) is 87.0 Å². The summed E-state index contributed by atoms with van der Waals surface area (Å²) in [7, 11) is 5.94. The van der Waals surface area contributed by atoms with E-state index in [1.807, 2.05) is 72.8 Å². The summed E-state index contributed by atoms with van der Waals surface area (Å²) in [5.74, 6) is -5.87. The molecule has 140 heavy (non-hydrogen) atoms. The van der Waals surface area contributed by atoms with E-state index in [0.717, 1.165) is 20.6 Å². The Kier molecular flexibility index (Phi) is 22.9. The number of hydrogen-bond acceptors (Lipinski definition) is 22. The van der Waals surface area contributed by atoms with Crippen LogP contribution < -0.4 is 57.2 Å². The van der Waals surface area contributed by atoms with Crippen LogP contribution in [0.4, 0.5) is 11.6 Å². The normalized spacial score (nSPS) is 12.8. The van der Waals surface area contributed by atoms with Crippen LogP contribution in [0.5, 0.6) is 80.5 Å². The molecule has 6 amide bonds. The van der Waals surface area contributed by atoms with E-state index in [1.165, 1.54) is 113 Å². The standard InChI is InChI=1S/C114H82N6O20/c1-63(2)113(127)137-77-45-47-115-95(55-77)117(61-65-25-11-9-12-26-65)111(125)87(49-67-29-19-41-81-79-39-15-17-43-89(79)139-105(67)81)119-107(121)83-57-91(133-73-35-21-31-69(51-73)129-5)99-101-93(135-75-37-23-33-71(53-75)131-7)59-85-98-86(60-94(136-76-38-24-34-72(54-76)132-8)102(104(98)101)100-92(58-84(108(119)122)97(83)103(99)100)134-74-36-22-32-70(52-74)130-6)110(124)120(109(85)123)88(50-68-30-20-42-82-80-40-16-18-44-90(80)140-106(68)82)112(126)118(62-66-27-13-10-14-28-66)96-56-78(46-48-116-96)138-114(128)64(3)4/h9-48,51-60,87-88H,1,3,49-50,61-62H2,2,4-8H3. The van der Waals surface area contributed by atoms with Gasteiger partial charge in [-0.1, -0.05) is 171 Å². The molecule has 6 heterocycles. The average Bonchev–Trinajstić information content (AvgIpc) is 0.729. The molecule has 0 spiro atoms. The molecule has 0 fully saturated rings. The number of pyridine rings is 2. The molecule has 15 aromatic carbocycles. The van der Waals surface area contributed by atoms with E-state index >= 15 is 28.8 Å². The van der Waals surface area contributed by atoms with Crippen molar-refractivity contribution < 1.29 is 94.6 Å². The van der Waals surface area contributed by atoms with E-state index in [-0.39, 0.29) is 159 Å². The van der Waals surface area contributed by atoms with Crippen molar-refractivity contribution in [2.24, 2.45) is 0 Å². The molecule has 0 N–H and O–H groups in total. The Morgan fingerprint density at radius 1 is 0.329 bits per heavy atom. The van der Waals surface area contributed by atoms with Gasteiger partial charge in [0.15, 0.2) is 0 Å². The fourth-order valence-electron chi connectivity index (χ4n) is 18.6. The summed E-state index contributed by atoms with van der Waals surface area (Å²) >= 11 is 0. The monoisotopic (exact) mass is 1850 g/mol. The van der Waals surface area contributed by atoms with Gasteiger partial charge >= 0.3 is 11.9 Å². The van der Waals surface area contributed by atoms with Gasteiger partial charge in [-0.05, 0) is 133 Å². The number of imide groups is 2. The number of esters is 2. The highest BCUT2D eigenvalue weighted by Gasteiger charge is 2.49. The van der Waals surface area contributed by atoms with Gasteiger partial charge in [0.2, 0.25) is 0 Å². The molecule has 19 aromatic rings. The van der Waals surface area contributed by atoms with Crippen molar-refractivity contribution in [1.82, 2.24) is 19.8 Å². The summed E-state index contributed by atoms with van der Waals surface area (Å²) in [5.41, 5.74) is 3.16. The van der Waals surface area contributed by atoms with E-state index in [2.05, 4.69) is 13.2 Å². The van der Waals surface area contributed by atoms with Crippen LogP contribution in [-0.4, -0.2) is 108 Å². The van der Waals surface area contributed by atoms with Crippen molar-refractivity contribution >= 4 is 146 Å². The van der Waals surface area contributed by atoms with Crippen molar-refractivity contribution in [1.29, 1.82) is 0 Å². The Morgan fingerprint density at radius 3 is 0.950 bits per heavy atom. The Morgan fingerprint density at radius 2 is 0.629 bits per heavy atom. The van der Waals surface area contributed by atoms with Crippen LogP contribution in [0, 0.1) is 0 Å². The molecule has 0 saturated carbocycles. The second-order valence-electron chi connectivity index (χ2n) is 33.9. The summed E-state index contributed by atoms with van der Waals surface area (Å²) in [6, 6.07) is 78.5. The molecule has 2 unspecified atom stereocenters. The number of fused-ring (bicyclic) bond motifs is 8. The number of benzene rings is 15. The van der Waals surface area contributed by atoms with Crippen LogP contribution in [0.15, 0.2) is 337 Å². The summed E-state index contributed by atoms with van der Waals surface area (Å²) in [5, 5.41) is 3.32. The summed E-state index contributed by atoms with van der Waals surface area (Å²) in [6.45, 7) is 10.1. The Bertz CT molecular complexity index is 7690. The van der Waals surface area contributed by atoms with Gasteiger partial charge in [-0.3, -0.25) is 48.4 Å². The molecule has 0 aliphatic carbocycles. The molecule has 2 aliphatic heterocycles.